The lowest BCUT2D eigenvalue weighted by Gasteiger charge is -2.31. The third-order valence-corrected chi connectivity index (χ3v) is 11.9. The molecule has 9 aromatic carbocycles. The molecule has 0 fully saturated rings. The molecule has 10 rings (SSSR count). The molecule has 1 aliphatic rings. The third-order valence-electron chi connectivity index (χ3n) is 11.9. The standard InChI is InChI=1S/C57H43N/c1-57(2)52-26-14-12-24-50(52)56-49(25-16-27-53(56)57)48-23-13-15-28-54(48)58(47-36-33-44(34-37-47)43-31-29-42(30-32-43)40-17-6-3-7-18-40)55-38-35-46(41-19-8-4-9-20-41)39-51(55)45-21-10-5-11-22-45/h3-39H,1-2H3. The summed E-state index contributed by atoms with van der Waals surface area (Å²) in [5, 5.41) is 0. The van der Waals surface area contributed by atoms with Crippen molar-refractivity contribution in [2.24, 2.45) is 0 Å². The highest BCUT2D eigenvalue weighted by molar-refractivity contribution is 6.00. The first-order valence-corrected chi connectivity index (χ1v) is 20.2. The average Bonchev–Trinajstić information content (AvgIpc) is 3.54. The second-order valence-electron chi connectivity index (χ2n) is 15.7. The van der Waals surface area contributed by atoms with E-state index in [0.29, 0.717) is 0 Å². The van der Waals surface area contributed by atoms with Gasteiger partial charge in [0.1, 0.15) is 0 Å². The van der Waals surface area contributed by atoms with Gasteiger partial charge >= 0.3 is 0 Å². The lowest BCUT2D eigenvalue weighted by molar-refractivity contribution is 0.660. The largest absolute Gasteiger partial charge is 0.309 e. The molecule has 0 radical (unpaired) electrons. The minimum Gasteiger partial charge on any atom is -0.309 e. The molecule has 0 bridgehead atoms. The number of rotatable bonds is 8. The van der Waals surface area contributed by atoms with Crippen LogP contribution in [0, 0.1) is 0 Å². The zero-order valence-electron chi connectivity index (χ0n) is 32.8. The van der Waals surface area contributed by atoms with Crippen LogP contribution in [0.3, 0.4) is 0 Å². The summed E-state index contributed by atoms with van der Waals surface area (Å²) >= 11 is 0. The van der Waals surface area contributed by atoms with Crippen LogP contribution in [0.25, 0.3) is 66.8 Å². The molecule has 0 N–H and O–H groups in total. The zero-order valence-corrected chi connectivity index (χ0v) is 32.8. The fourth-order valence-corrected chi connectivity index (χ4v) is 8.96. The van der Waals surface area contributed by atoms with Gasteiger partial charge < -0.3 is 4.90 Å². The van der Waals surface area contributed by atoms with E-state index in [1.54, 1.807) is 0 Å². The number of hydrogen-bond acceptors (Lipinski definition) is 1. The Hall–Kier alpha value is -7.22. The molecular formula is C57H43N. The second-order valence-corrected chi connectivity index (χ2v) is 15.7. The van der Waals surface area contributed by atoms with E-state index in [1.165, 1.54) is 77.9 Å². The maximum atomic E-state index is 2.47. The SMILES string of the molecule is CC1(C)c2ccccc2-c2c(-c3ccccc3N(c3ccc(-c4ccc(-c5ccccc5)cc4)cc3)c3ccc(-c4ccccc4)cc3-c3ccccc3)cccc21. The van der Waals surface area contributed by atoms with Gasteiger partial charge in [-0.3, -0.25) is 0 Å². The Balaban J connectivity index is 1.17. The van der Waals surface area contributed by atoms with Crippen LogP contribution in [0.15, 0.2) is 224 Å². The molecule has 0 aromatic heterocycles. The summed E-state index contributed by atoms with van der Waals surface area (Å²) in [4.78, 5) is 2.47. The normalized spacial score (nSPS) is 12.4. The van der Waals surface area contributed by atoms with E-state index < -0.39 is 0 Å². The van der Waals surface area contributed by atoms with Crippen LogP contribution in [0.5, 0.6) is 0 Å². The summed E-state index contributed by atoms with van der Waals surface area (Å²) in [5.41, 5.74) is 20.6. The van der Waals surface area contributed by atoms with Gasteiger partial charge in [0.15, 0.2) is 0 Å². The van der Waals surface area contributed by atoms with Gasteiger partial charge in [-0.2, -0.15) is 0 Å². The summed E-state index contributed by atoms with van der Waals surface area (Å²) in [7, 11) is 0. The Morgan fingerprint density at radius 3 is 1.36 bits per heavy atom. The van der Waals surface area contributed by atoms with E-state index in [2.05, 4.69) is 243 Å². The zero-order chi connectivity index (χ0) is 39.1. The van der Waals surface area contributed by atoms with Crippen LogP contribution in [0.2, 0.25) is 0 Å². The quantitative estimate of drug-likeness (QED) is 0.150. The lowest BCUT2D eigenvalue weighted by atomic mass is 9.82. The molecule has 0 amide bonds. The van der Waals surface area contributed by atoms with E-state index in [4.69, 9.17) is 0 Å². The van der Waals surface area contributed by atoms with Gasteiger partial charge in [-0.15, -0.1) is 0 Å². The first-order chi connectivity index (χ1) is 28.5. The molecule has 0 spiro atoms. The van der Waals surface area contributed by atoms with Gasteiger partial charge in [0.2, 0.25) is 0 Å². The molecule has 58 heavy (non-hydrogen) atoms. The molecule has 0 unspecified atom stereocenters. The molecule has 0 heterocycles. The van der Waals surface area contributed by atoms with Gasteiger partial charge in [0.25, 0.3) is 0 Å². The number of anilines is 3. The molecule has 1 aliphatic carbocycles. The Labute approximate surface area is 342 Å². The number of fused-ring (bicyclic) bond motifs is 3. The topological polar surface area (TPSA) is 3.24 Å². The summed E-state index contributed by atoms with van der Waals surface area (Å²) in [6.07, 6.45) is 0. The Morgan fingerprint density at radius 1 is 0.293 bits per heavy atom. The van der Waals surface area contributed by atoms with Crippen molar-refractivity contribution in [2.45, 2.75) is 19.3 Å². The van der Waals surface area contributed by atoms with Crippen molar-refractivity contribution < 1.29 is 0 Å². The van der Waals surface area contributed by atoms with Crippen molar-refractivity contribution in [3.8, 4) is 66.8 Å². The van der Waals surface area contributed by atoms with Crippen molar-refractivity contribution >= 4 is 17.1 Å². The van der Waals surface area contributed by atoms with Crippen molar-refractivity contribution in [1.82, 2.24) is 0 Å². The van der Waals surface area contributed by atoms with E-state index >= 15 is 0 Å². The minimum atomic E-state index is -0.0978. The van der Waals surface area contributed by atoms with Crippen molar-refractivity contribution in [1.29, 1.82) is 0 Å². The molecule has 276 valence electrons. The van der Waals surface area contributed by atoms with E-state index in [9.17, 15) is 0 Å². The Bertz CT molecular complexity index is 2870. The molecule has 1 heteroatoms. The average molecular weight is 742 g/mol. The van der Waals surface area contributed by atoms with E-state index in [0.717, 1.165) is 17.1 Å². The monoisotopic (exact) mass is 741 g/mol. The number of benzene rings is 9. The van der Waals surface area contributed by atoms with E-state index in [1.807, 2.05) is 0 Å². The van der Waals surface area contributed by atoms with Crippen LogP contribution in [0.4, 0.5) is 17.1 Å². The molecule has 0 aliphatic heterocycles. The minimum absolute atomic E-state index is 0.0978. The molecule has 0 saturated heterocycles. The van der Waals surface area contributed by atoms with Crippen molar-refractivity contribution in [3.63, 3.8) is 0 Å². The van der Waals surface area contributed by atoms with Gasteiger partial charge in [-0.05, 0) is 97.1 Å². The molecule has 9 aromatic rings. The number of para-hydroxylation sites is 1. The predicted molar refractivity (Wildman–Crippen MR) is 246 cm³/mol. The fraction of sp³-hybridized carbons (Fsp3) is 0.0526. The maximum absolute atomic E-state index is 2.47. The van der Waals surface area contributed by atoms with Crippen LogP contribution in [-0.4, -0.2) is 0 Å². The van der Waals surface area contributed by atoms with Gasteiger partial charge in [-0.25, -0.2) is 0 Å². The molecule has 0 atom stereocenters. The maximum Gasteiger partial charge on any atom is 0.0540 e. The molecule has 1 nitrogen and oxygen atoms in total. The summed E-state index contributed by atoms with van der Waals surface area (Å²) in [6.45, 7) is 4.72. The lowest BCUT2D eigenvalue weighted by Crippen LogP contribution is -2.15. The third kappa shape index (κ3) is 6.22. The fourth-order valence-electron chi connectivity index (χ4n) is 8.96. The second kappa shape index (κ2) is 14.7. The summed E-state index contributed by atoms with van der Waals surface area (Å²) in [6, 6.07) is 81.8. The van der Waals surface area contributed by atoms with Crippen molar-refractivity contribution in [3.05, 3.63) is 236 Å². The Morgan fingerprint density at radius 2 is 0.724 bits per heavy atom. The van der Waals surface area contributed by atoms with Crippen LogP contribution in [0.1, 0.15) is 25.0 Å². The van der Waals surface area contributed by atoms with E-state index in [-0.39, 0.29) is 5.41 Å². The van der Waals surface area contributed by atoms with Crippen LogP contribution in [-0.2, 0) is 5.41 Å². The van der Waals surface area contributed by atoms with Gasteiger partial charge in [0, 0.05) is 22.2 Å². The molecular weight excluding hydrogens is 699 g/mol. The highest BCUT2D eigenvalue weighted by atomic mass is 15.1. The van der Waals surface area contributed by atoms with Crippen LogP contribution >= 0.6 is 0 Å². The Kier molecular flexibility index (Phi) is 8.92. The predicted octanol–water partition coefficient (Wildman–Crippen LogP) is 15.8. The molecule has 0 saturated carbocycles. The highest BCUT2D eigenvalue weighted by Crippen LogP contribution is 2.54. The first-order valence-electron chi connectivity index (χ1n) is 20.2. The number of hydrogen-bond donors (Lipinski definition) is 0. The first kappa shape index (κ1) is 35.2. The number of nitrogens with zero attached hydrogens (tertiary/aromatic N) is 1. The summed E-state index contributed by atoms with van der Waals surface area (Å²) < 4.78 is 0. The highest BCUT2D eigenvalue weighted by Gasteiger charge is 2.37. The van der Waals surface area contributed by atoms with Gasteiger partial charge in [-0.1, -0.05) is 208 Å². The van der Waals surface area contributed by atoms with Gasteiger partial charge in [0.05, 0.1) is 11.4 Å². The van der Waals surface area contributed by atoms with Crippen molar-refractivity contribution in [2.75, 3.05) is 4.90 Å². The smallest absolute Gasteiger partial charge is 0.0540 e. The summed E-state index contributed by atoms with van der Waals surface area (Å²) in [5.74, 6) is 0. The van der Waals surface area contributed by atoms with Crippen LogP contribution < -0.4 is 4.90 Å².